The van der Waals surface area contributed by atoms with Crippen LogP contribution in [0.15, 0.2) is 18.2 Å². The SMILES string of the molecule is CCN(CC)C(CC(C)=O)c1ccc2c(c1)OCO2. The molecule has 0 radical (unpaired) electrons. The number of carbonyl (C=O) groups excluding carboxylic acids is 1. The van der Waals surface area contributed by atoms with Gasteiger partial charge in [0.15, 0.2) is 11.5 Å². The van der Waals surface area contributed by atoms with E-state index in [1.807, 2.05) is 18.2 Å². The zero-order valence-corrected chi connectivity index (χ0v) is 11.8. The summed E-state index contributed by atoms with van der Waals surface area (Å²) in [5, 5.41) is 0. The molecular formula is C15H21NO3. The number of hydrogen-bond donors (Lipinski definition) is 0. The van der Waals surface area contributed by atoms with Gasteiger partial charge in [-0.05, 0) is 37.7 Å². The lowest BCUT2D eigenvalue weighted by atomic mass is 9.99. The molecule has 0 amide bonds. The van der Waals surface area contributed by atoms with Crippen LogP contribution < -0.4 is 9.47 Å². The van der Waals surface area contributed by atoms with Crippen LogP contribution in [0.3, 0.4) is 0 Å². The van der Waals surface area contributed by atoms with E-state index in [0.29, 0.717) is 6.42 Å². The second-order valence-corrected chi connectivity index (χ2v) is 4.76. The molecule has 1 heterocycles. The molecule has 0 saturated heterocycles. The van der Waals surface area contributed by atoms with Gasteiger partial charge in [-0.15, -0.1) is 0 Å². The molecule has 0 bridgehead atoms. The summed E-state index contributed by atoms with van der Waals surface area (Å²) >= 11 is 0. The minimum atomic E-state index is 0.113. The number of benzene rings is 1. The Labute approximate surface area is 114 Å². The van der Waals surface area contributed by atoms with Gasteiger partial charge in [0.1, 0.15) is 5.78 Å². The van der Waals surface area contributed by atoms with Crippen molar-refractivity contribution in [3.8, 4) is 11.5 Å². The number of Topliss-reactive ketones (excluding diaryl/α,β-unsaturated/α-hetero) is 1. The molecule has 1 aromatic carbocycles. The average Bonchev–Trinajstić information content (AvgIpc) is 2.85. The Bertz CT molecular complexity index is 455. The highest BCUT2D eigenvalue weighted by atomic mass is 16.7. The van der Waals surface area contributed by atoms with Crippen LogP contribution in [0.1, 0.15) is 38.8 Å². The van der Waals surface area contributed by atoms with E-state index >= 15 is 0 Å². The Morgan fingerprint density at radius 1 is 1.26 bits per heavy atom. The van der Waals surface area contributed by atoms with E-state index in [-0.39, 0.29) is 18.6 Å². The summed E-state index contributed by atoms with van der Waals surface area (Å²) < 4.78 is 10.7. The average molecular weight is 263 g/mol. The third-order valence-corrected chi connectivity index (χ3v) is 3.52. The summed E-state index contributed by atoms with van der Waals surface area (Å²) in [5.41, 5.74) is 1.11. The molecule has 4 heteroatoms. The van der Waals surface area contributed by atoms with Gasteiger partial charge in [-0.3, -0.25) is 9.69 Å². The second kappa shape index (κ2) is 6.06. The van der Waals surface area contributed by atoms with Crippen molar-refractivity contribution >= 4 is 5.78 Å². The van der Waals surface area contributed by atoms with Gasteiger partial charge in [0.05, 0.1) is 0 Å². The maximum absolute atomic E-state index is 11.5. The number of ether oxygens (including phenoxy) is 2. The number of carbonyl (C=O) groups is 1. The van der Waals surface area contributed by atoms with Gasteiger partial charge in [-0.2, -0.15) is 0 Å². The van der Waals surface area contributed by atoms with E-state index in [4.69, 9.17) is 9.47 Å². The van der Waals surface area contributed by atoms with Gasteiger partial charge in [0, 0.05) is 12.5 Å². The first kappa shape index (κ1) is 13.9. The molecule has 104 valence electrons. The number of nitrogens with zero attached hydrogens (tertiary/aromatic N) is 1. The monoisotopic (exact) mass is 263 g/mol. The second-order valence-electron chi connectivity index (χ2n) is 4.76. The number of fused-ring (bicyclic) bond motifs is 1. The van der Waals surface area contributed by atoms with E-state index in [0.717, 1.165) is 30.2 Å². The van der Waals surface area contributed by atoms with Crippen LogP contribution in [0.25, 0.3) is 0 Å². The molecule has 0 fully saturated rings. The van der Waals surface area contributed by atoms with Crippen LogP contribution >= 0.6 is 0 Å². The fraction of sp³-hybridized carbons (Fsp3) is 0.533. The first-order chi connectivity index (χ1) is 9.15. The van der Waals surface area contributed by atoms with Crippen molar-refractivity contribution < 1.29 is 14.3 Å². The largest absolute Gasteiger partial charge is 0.454 e. The quantitative estimate of drug-likeness (QED) is 0.791. The van der Waals surface area contributed by atoms with Gasteiger partial charge in [-0.1, -0.05) is 19.9 Å². The minimum Gasteiger partial charge on any atom is -0.454 e. The highest BCUT2D eigenvalue weighted by Crippen LogP contribution is 2.36. The van der Waals surface area contributed by atoms with E-state index in [9.17, 15) is 4.79 Å². The smallest absolute Gasteiger partial charge is 0.231 e. The molecule has 0 N–H and O–H groups in total. The summed E-state index contributed by atoms with van der Waals surface area (Å²) in [6.07, 6.45) is 0.529. The maximum Gasteiger partial charge on any atom is 0.231 e. The number of hydrogen-bond acceptors (Lipinski definition) is 4. The summed E-state index contributed by atoms with van der Waals surface area (Å²) in [6, 6.07) is 6.06. The van der Waals surface area contributed by atoms with Gasteiger partial charge < -0.3 is 9.47 Å². The number of rotatable bonds is 6. The highest BCUT2D eigenvalue weighted by molar-refractivity contribution is 5.76. The molecule has 2 rings (SSSR count). The molecule has 1 aromatic rings. The lowest BCUT2D eigenvalue weighted by Crippen LogP contribution is -2.29. The Balaban J connectivity index is 2.29. The third-order valence-electron chi connectivity index (χ3n) is 3.52. The summed E-state index contributed by atoms with van der Waals surface area (Å²) in [5.74, 6) is 1.76. The van der Waals surface area contributed by atoms with Crippen LogP contribution in [0.4, 0.5) is 0 Å². The number of ketones is 1. The highest BCUT2D eigenvalue weighted by Gasteiger charge is 2.22. The molecule has 1 unspecified atom stereocenters. The Hall–Kier alpha value is -1.55. The normalized spacial score (nSPS) is 14.7. The maximum atomic E-state index is 11.5. The molecule has 0 aromatic heterocycles. The van der Waals surface area contributed by atoms with Crippen molar-refractivity contribution in [1.82, 2.24) is 4.90 Å². The van der Waals surface area contributed by atoms with Crippen molar-refractivity contribution in [2.75, 3.05) is 19.9 Å². The van der Waals surface area contributed by atoms with Crippen molar-refractivity contribution in [2.45, 2.75) is 33.2 Å². The van der Waals surface area contributed by atoms with Gasteiger partial charge in [0.2, 0.25) is 6.79 Å². The molecule has 1 aliphatic rings. The van der Waals surface area contributed by atoms with Crippen LogP contribution in [0.2, 0.25) is 0 Å². The predicted octanol–water partition coefficient (Wildman–Crippen LogP) is 2.78. The summed E-state index contributed by atoms with van der Waals surface area (Å²) in [6.45, 7) is 7.99. The standard InChI is InChI=1S/C15H21NO3/c1-4-16(5-2)13(8-11(3)17)12-6-7-14-15(9-12)19-10-18-14/h6-7,9,13H,4-5,8,10H2,1-3H3. The third kappa shape index (κ3) is 3.07. The summed E-state index contributed by atoms with van der Waals surface area (Å²) in [7, 11) is 0. The molecule has 19 heavy (non-hydrogen) atoms. The van der Waals surface area contributed by atoms with E-state index in [1.54, 1.807) is 6.92 Å². The molecule has 0 aliphatic carbocycles. The molecule has 1 atom stereocenters. The zero-order chi connectivity index (χ0) is 13.8. The first-order valence-electron chi connectivity index (χ1n) is 6.78. The van der Waals surface area contributed by atoms with Crippen LogP contribution in [0, 0.1) is 0 Å². The van der Waals surface area contributed by atoms with Crippen LogP contribution in [0.5, 0.6) is 11.5 Å². The van der Waals surface area contributed by atoms with Crippen molar-refractivity contribution in [2.24, 2.45) is 0 Å². The summed E-state index contributed by atoms with van der Waals surface area (Å²) in [4.78, 5) is 13.8. The minimum absolute atomic E-state index is 0.113. The van der Waals surface area contributed by atoms with E-state index < -0.39 is 0 Å². The molecule has 1 aliphatic heterocycles. The zero-order valence-electron chi connectivity index (χ0n) is 11.8. The molecule has 4 nitrogen and oxygen atoms in total. The Kier molecular flexibility index (Phi) is 4.43. The molecular weight excluding hydrogens is 242 g/mol. The van der Waals surface area contributed by atoms with Gasteiger partial charge in [-0.25, -0.2) is 0 Å². The van der Waals surface area contributed by atoms with E-state index in [2.05, 4.69) is 18.7 Å². The molecule has 0 spiro atoms. The Morgan fingerprint density at radius 3 is 2.58 bits per heavy atom. The van der Waals surface area contributed by atoms with Crippen LogP contribution in [-0.2, 0) is 4.79 Å². The lowest BCUT2D eigenvalue weighted by molar-refractivity contribution is -0.118. The van der Waals surface area contributed by atoms with Crippen molar-refractivity contribution in [3.05, 3.63) is 23.8 Å². The topological polar surface area (TPSA) is 38.8 Å². The van der Waals surface area contributed by atoms with Crippen molar-refractivity contribution in [1.29, 1.82) is 0 Å². The van der Waals surface area contributed by atoms with Gasteiger partial charge >= 0.3 is 0 Å². The fourth-order valence-corrected chi connectivity index (χ4v) is 2.51. The van der Waals surface area contributed by atoms with Crippen LogP contribution in [-0.4, -0.2) is 30.6 Å². The van der Waals surface area contributed by atoms with Crippen molar-refractivity contribution in [3.63, 3.8) is 0 Å². The lowest BCUT2D eigenvalue weighted by Gasteiger charge is -2.29. The fourth-order valence-electron chi connectivity index (χ4n) is 2.51. The predicted molar refractivity (Wildman–Crippen MR) is 73.5 cm³/mol. The molecule has 0 saturated carbocycles. The Morgan fingerprint density at radius 2 is 1.95 bits per heavy atom. The van der Waals surface area contributed by atoms with E-state index in [1.165, 1.54) is 0 Å². The first-order valence-corrected chi connectivity index (χ1v) is 6.78. The van der Waals surface area contributed by atoms with Gasteiger partial charge in [0.25, 0.3) is 0 Å².